The minimum atomic E-state index is -0.165. The molecule has 0 spiro atoms. The zero-order valence-electron chi connectivity index (χ0n) is 6.96. The van der Waals surface area contributed by atoms with Crippen LogP contribution >= 0.6 is 24.0 Å². The van der Waals surface area contributed by atoms with Crippen LogP contribution in [0.3, 0.4) is 0 Å². The van der Waals surface area contributed by atoms with Gasteiger partial charge >= 0.3 is 5.69 Å². The molecule has 0 radical (unpaired) electrons. The van der Waals surface area contributed by atoms with Crippen molar-refractivity contribution in [3.8, 4) is 0 Å². The van der Waals surface area contributed by atoms with Crippen molar-refractivity contribution in [1.29, 1.82) is 0 Å². The van der Waals surface area contributed by atoms with Gasteiger partial charge in [-0.25, -0.2) is 9.89 Å². The molecule has 0 aliphatic rings. The van der Waals surface area contributed by atoms with Crippen LogP contribution in [0.25, 0.3) is 0 Å². The first-order valence-electron chi connectivity index (χ1n) is 3.55. The second kappa shape index (κ2) is 3.95. The van der Waals surface area contributed by atoms with E-state index in [-0.39, 0.29) is 11.7 Å². The minimum absolute atomic E-state index is 0.141. The van der Waals surface area contributed by atoms with Crippen LogP contribution in [0.5, 0.6) is 0 Å². The third-order valence-electron chi connectivity index (χ3n) is 1.56. The highest BCUT2D eigenvalue weighted by molar-refractivity contribution is 7.98. The summed E-state index contributed by atoms with van der Waals surface area (Å²) in [7, 11) is 0. The molecule has 1 atom stereocenters. The molecule has 4 nitrogen and oxygen atoms in total. The van der Waals surface area contributed by atoms with Crippen molar-refractivity contribution in [2.45, 2.75) is 13.0 Å². The van der Waals surface area contributed by atoms with Crippen LogP contribution < -0.4 is 5.69 Å². The second-order valence-electron chi connectivity index (χ2n) is 2.53. The molecular formula is C6H11N3OS2. The Kier molecular flexibility index (Phi) is 3.16. The van der Waals surface area contributed by atoms with E-state index in [4.69, 9.17) is 12.2 Å². The van der Waals surface area contributed by atoms with Crippen molar-refractivity contribution < 1.29 is 0 Å². The van der Waals surface area contributed by atoms with Crippen molar-refractivity contribution in [2.24, 2.45) is 0 Å². The standard InChI is InChI=1S/C6H11N3OS2/c1-4(3-12-2)9-5(10)7-8-6(9)11/h4H,3H2,1-2H3,(H,7,10)(H,8,11). The number of hydrogen-bond acceptors (Lipinski definition) is 3. The van der Waals surface area contributed by atoms with Gasteiger partial charge in [0.1, 0.15) is 0 Å². The lowest BCUT2D eigenvalue weighted by molar-refractivity contribution is 0.582. The summed E-state index contributed by atoms with van der Waals surface area (Å²) in [4.78, 5) is 11.2. The molecule has 1 heterocycles. The lowest BCUT2D eigenvalue weighted by Crippen LogP contribution is -2.21. The smallest absolute Gasteiger partial charge is 0.272 e. The van der Waals surface area contributed by atoms with Crippen molar-refractivity contribution in [3.63, 3.8) is 0 Å². The number of hydrogen-bond donors (Lipinski definition) is 2. The van der Waals surface area contributed by atoms with Crippen molar-refractivity contribution in [3.05, 3.63) is 15.3 Å². The first kappa shape index (κ1) is 9.60. The fraction of sp³-hybridized carbons (Fsp3) is 0.667. The summed E-state index contributed by atoms with van der Waals surface area (Å²) in [5.74, 6) is 0.884. The van der Waals surface area contributed by atoms with Gasteiger partial charge in [0.05, 0.1) is 0 Å². The quantitative estimate of drug-likeness (QED) is 0.728. The molecule has 0 saturated heterocycles. The third-order valence-corrected chi connectivity index (χ3v) is 2.68. The zero-order chi connectivity index (χ0) is 9.14. The Morgan fingerprint density at radius 1 is 1.67 bits per heavy atom. The number of aromatic nitrogens is 3. The van der Waals surface area contributed by atoms with Crippen LogP contribution in [0.4, 0.5) is 0 Å². The van der Waals surface area contributed by atoms with Gasteiger partial charge in [0, 0.05) is 11.8 Å². The second-order valence-corrected chi connectivity index (χ2v) is 3.83. The zero-order valence-corrected chi connectivity index (χ0v) is 8.59. The number of nitrogens with one attached hydrogen (secondary N) is 2. The van der Waals surface area contributed by atoms with Crippen LogP contribution in [0.15, 0.2) is 4.79 Å². The molecule has 0 bridgehead atoms. The highest BCUT2D eigenvalue weighted by atomic mass is 32.2. The van der Waals surface area contributed by atoms with Crippen LogP contribution in [-0.4, -0.2) is 26.8 Å². The summed E-state index contributed by atoms with van der Waals surface area (Å²) in [6.45, 7) is 1.97. The molecule has 0 fully saturated rings. The Bertz CT molecular complexity index is 323. The fourth-order valence-corrected chi connectivity index (χ4v) is 1.98. The van der Waals surface area contributed by atoms with Crippen molar-refractivity contribution >= 4 is 24.0 Å². The highest BCUT2D eigenvalue weighted by Gasteiger charge is 2.07. The molecule has 0 saturated carbocycles. The van der Waals surface area contributed by atoms with E-state index < -0.39 is 0 Å². The van der Waals surface area contributed by atoms with Crippen LogP contribution in [0.1, 0.15) is 13.0 Å². The van der Waals surface area contributed by atoms with Gasteiger partial charge < -0.3 is 0 Å². The van der Waals surface area contributed by atoms with E-state index in [0.717, 1.165) is 5.75 Å². The maximum absolute atomic E-state index is 11.2. The lowest BCUT2D eigenvalue weighted by Gasteiger charge is -2.08. The predicted molar refractivity (Wildman–Crippen MR) is 53.3 cm³/mol. The molecule has 2 N–H and O–H groups in total. The Balaban J connectivity index is 3.01. The molecule has 68 valence electrons. The van der Waals surface area contributed by atoms with Gasteiger partial charge in [-0.2, -0.15) is 11.8 Å². The molecule has 1 unspecified atom stereocenters. The van der Waals surface area contributed by atoms with Gasteiger partial charge in [0.25, 0.3) is 0 Å². The van der Waals surface area contributed by atoms with Gasteiger partial charge in [-0.3, -0.25) is 9.67 Å². The first-order valence-corrected chi connectivity index (χ1v) is 5.35. The molecule has 0 aliphatic carbocycles. The van der Waals surface area contributed by atoms with E-state index in [9.17, 15) is 4.79 Å². The van der Waals surface area contributed by atoms with E-state index in [1.54, 1.807) is 16.3 Å². The Labute approximate surface area is 79.4 Å². The lowest BCUT2D eigenvalue weighted by atomic mass is 10.4. The largest absolute Gasteiger partial charge is 0.342 e. The molecule has 1 aromatic rings. The number of aromatic amines is 2. The van der Waals surface area contributed by atoms with Crippen LogP contribution in [-0.2, 0) is 0 Å². The maximum Gasteiger partial charge on any atom is 0.342 e. The van der Waals surface area contributed by atoms with Crippen molar-refractivity contribution in [1.82, 2.24) is 14.8 Å². The molecule has 0 aliphatic heterocycles. The molecular weight excluding hydrogens is 194 g/mol. The minimum Gasteiger partial charge on any atom is -0.272 e. The topological polar surface area (TPSA) is 53.6 Å². The van der Waals surface area contributed by atoms with Gasteiger partial charge in [-0.15, -0.1) is 0 Å². The summed E-state index contributed by atoms with van der Waals surface area (Å²) >= 11 is 6.62. The molecule has 1 rings (SSSR count). The maximum atomic E-state index is 11.2. The van der Waals surface area contributed by atoms with Crippen molar-refractivity contribution in [2.75, 3.05) is 12.0 Å². The summed E-state index contributed by atoms with van der Waals surface area (Å²) in [5.41, 5.74) is -0.165. The van der Waals surface area contributed by atoms with E-state index >= 15 is 0 Å². The number of H-pyrrole nitrogens is 2. The normalized spacial score (nSPS) is 13.2. The van der Waals surface area contributed by atoms with E-state index in [1.807, 2.05) is 13.2 Å². The highest BCUT2D eigenvalue weighted by Crippen LogP contribution is 2.08. The number of rotatable bonds is 3. The molecule has 1 aromatic heterocycles. The van der Waals surface area contributed by atoms with E-state index in [0.29, 0.717) is 4.77 Å². The fourth-order valence-electron chi connectivity index (χ4n) is 1.04. The molecule has 0 aromatic carbocycles. The Morgan fingerprint density at radius 3 is 2.75 bits per heavy atom. The van der Waals surface area contributed by atoms with E-state index in [1.165, 1.54) is 0 Å². The first-order chi connectivity index (χ1) is 5.66. The van der Waals surface area contributed by atoms with E-state index in [2.05, 4.69) is 10.2 Å². The summed E-state index contributed by atoms with van der Waals surface area (Å²) < 4.78 is 2.01. The van der Waals surface area contributed by atoms with Crippen LogP contribution in [0.2, 0.25) is 0 Å². The van der Waals surface area contributed by atoms with Gasteiger partial charge in [-0.05, 0) is 25.4 Å². The van der Waals surface area contributed by atoms with Gasteiger partial charge in [-0.1, -0.05) is 0 Å². The van der Waals surface area contributed by atoms with Gasteiger partial charge in [0.2, 0.25) is 0 Å². The Morgan fingerprint density at radius 2 is 2.33 bits per heavy atom. The number of nitrogens with zero attached hydrogens (tertiary/aromatic N) is 1. The van der Waals surface area contributed by atoms with Gasteiger partial charge in [0.15, 0.2) is 4.77 Å². The average Bonchev–Trinajstić information content (AvgIpc) is 2.32. The predicted octanol–water partition coefficient (Wildman–Crippen LogP) is 1.16. The number of thioether (sulfide) groups is 1. The summed E-state index contributed by atoms with van der Waals surface area (Å²) in [6.07, 6.45) is 2.00. The molecule has 12 heavy (non-hydrogen) atoms. The molecule has 6 heteroatoms. The monoisotopic (exact) mass is 205 g/mol. The third kappa shape index (κ3) is 1.81. The summed E-state index contributed by atoms with van der Waals surface area (Å²) in [5, 5.41) is 5.05. The van der Waals surface area contributed by atoms with Crippen LogP contribution in [0, 0.1) is 4.77 Å². The SMILES string of the molecule is CSCC(C)n1c(=O)[nH][nH]c1=S. The summed E-state index contributed by atoms with van der Waals surface area (Å²) in [6, 6.07) is 0.141. The molecule has 0 amide bonds. The Hall–Kier alpha value is -0.490. The average molecular weight is 205 g/mol.